The summed E-state index contributed by atoms with van der Waals surface area (Å²) in [6.45, 7) is 0. The van der Waals surface area contributed by atoms with Crippen LogP contribution in [0.25, 0.3) is 0 Å². The number of aromatic nitrogens is 1. The molecular weight excluding hydrogens is 163 g/mol. The number of hydrogen-bond acceptors (Lipinski definition) is 0. The molecule has 9 heavy (non-hydrogen) atoms. The van der Waals surface area contributed by atoms with Gasteiger partial charge in [-0.1, -0.05) is 0 Å². The quantitative estimate of drug-likeness (QED) is 0.519. The van der Waals surface area contributed by atoms with Gasteiger partial charge in [0.25, 0.3) is 0 Å². The number of hydrogen-bond donors (Lipinski definition) is 0. The Bertz CT molecular complexity index is 206. The Kier molecular flexibility index (Phi) is 1.88. The van der Waals surface area contributed by atoms with Gasteiger partial charge in [0.05, 0.1) is 9.27 Å². The second-order valence-corrected chi connectivity index (χ2v) is 2.23. The maximum absolute atomic E-state index is 12.4. The van der Waals surface area contributed by atoms with E-state index in [1.54, 1.807) is 6.07 Å². The fourth-order valence-corrected chi connectivity index (χ4v) is 0.811. The van der Waals surface area contributed by atoms with Gasteiger partial charge in [0.1, 0.15) is 0 Å². The Morgan fingerprint density at radius 1 is 1.22 bits per heavy atom. The molecule has 0 amide bonds. The van der Waals surface area contributed by atoms with E-state index in [0.717, 1.165) is 0 Å². The monoisotopic (exact) mass is 165 g/mol. The first-order chi connectivity index (χ1) is 4.22. The van der Waals surface area contributed by atoms with Crippen LogP contribution >= 0.6 is 23.2 Å². The summed E-state index contributed by atoms with van der Waals surface area (Å²) in [6.07, 6.45) is 0. The van der Waals surface area contributed by atoms with Crippen LogP contribution in [-0.2, 0) is 0 Å². The minimum Gasteiger partial charge on any atom is -0.0467 e. The lowest BCUT2D eigenvalue weighted by Gasteiger charge is -1.82. The van der Waals surface area contributed by atoms with E-state index in [4.69, 9.17) is 23.2 Å². The zero-order valence-electron chi connectivity index (χ0n) is 4.31. The molecule has 4 heteroatoms. The van der Waals surface area contributed by atoms with Crippen molar-refractivity contribution in [3.8, 4) is 0 Å². The van der Waals surface area contributed by atoms with Crippen LogP contribution in [0.4, 0.5) is 4.48 Å². The highest BCUT2D eigenvalue weighted by molar-refractivity contribution is 6.30. The van der Waals surface area contributed by atoms with Crippen molar-refractivity contribution in [1.82, 2.24) is 0 Å². The predicted molar refractivity (Wildman–Crippen MR) is 33.2 cm³/mol. The molecule has 0 N–H and O–H groups in total. The van der Waals surface area contributed by atoms with Gasteiger partial charge in [0.15, 0.2) is 0 Å². The second kappa shape index (κ2) is 2.50. The number of nitrogens with zero attached hydrogens (tertiary/aromatic N) is 1. The molecule has 0 unspecified atom stereocenters. The molecule has 1 nitrogen and oxygen atoms in total. The third-order valence-electron chi connectivity index (χ3n) is 0.843. The third-order valence-corrected chi connectivity index (χ3v) is 1.39. The van der Waals surface area contributed by atoms with Crippen molar-refractivity contribution in [2.75, 3.05) is 0 Å². The lowest BCUT2D eigenvalue weighted by atomic mass is 10.5. The van der Waals surface area contributed by atoms with Crippen LogP contribution in [0, 0.1) is 0 Å². The SMILES string of the molecule is [18F][n+]1c(Cl)cccc1Cl. The molecule has 1 heterocycles. The molecule has 0 bridgehead atoms. The van der Waals surface area contributed by atoms with E-state index in [2.05, 4.69) is 0 Å². The van der Waals surface area contributed by atoms with Gasteiger partial charge in [-0.2, -0.15) is 0 Å². The summed E-state index contributed by atoms with van der Waals surface area (Å²) in [5.74, 6) is 0. The van der Waals surface area contributed by atoms with Crippen molar-refractivity contribution in [1.29, 1.82) is 0 Å². The molecule has 0 saturated heterocycles. The van der Waals surface area contributed by atoms with Crippen LogP contribution in [0.5, 0.6) is 0 Å². The highest BCUT2D eigenvalue weighted by atomic mass is 35.5. The minimum atomic E-state index is -0.0255. The van der Waals surface area contributed by atoms with Crippen LogP contribution in [-0.4, -0.2) is 0 Å². The highest BCUT2D eigenvalue weighted by Crippen LogP contribution is 2.06. The summed E-state index contributed by atoms with van der Waals surface area (Å²) < 4.78 is 12.4. The molecular formula is C5H3Cl2FN+. The van der Waals surface area contributed by atoms with Crippen LogP contribution < -0.4 is 4.79 Å². The molecule has 0 aliphatic carbocycles. The molecule has 0 fully saturated rings. The third kappa shape index (κ3) is 1.32. The van der Waals surface area contributed by atoms with Crippen LogP contribution in [0.2, 0.25) is 10.3 Å². The molecule has 1 aromatic rings. The maximum atomic E-state index is 12.4. The van der Waals surface area contributed by atoms with E-state index >= 15 is 0 Å². The summed E-state index contributed by atoms with van der Waals surface area (Å²) >= 11 is 10.6. The van der Waals surface area contributed by atoms with Crippen molar-refractivity contribution in [2.24, 2.45) is 0 Å². The largest absolute Gasteiger partial charge is 0.323 e. The van der Waals surface area contributed by atoms with Crippen molar-refractivity contribution >= 4 is 23.2 Å². The second-order valence-electron chi connectivity index (χ2n) is 1.45. The Morgan fingerprint density at radius 3 is 2.00 bits per heavy atom. The summed E-state index contributed by atoms with van der Waals surface area (Å²) in [7, 11) is 0. The molecule has 48 valence electrons. The van der Waals surface area contributed by atoms with Crippen molar-refractivity contribution in [3.63, 3.8) is 0 Å². The molecule has 0 aromatic carbocycles. The first kappa shape index (κ1) is 6.78. The van der Waals surface area contributed by atoms with Crippen LogP contribution in [0.3, 0.4) is 0 Å². The highest BCUT2D eigenvalue weighted by Gasteiger charge is 2.11. The Balaban J connectivity index is 3.25. The first-order valence-corrected chi connectivity index (χ1v) is 2.99. The van der Waals surface area contributed by atoms with Gasteiger partial charge in [0.2, 0.25) is 0 Å². The molecule has 1 aromatic heterocycles. The predicted octanol–water partition coefficient (Wildman–Crippen LogP) is 2.01. The molecule has 0 saturated carbocycles. The first-order valence-electron chi connectivity index (χ1n) is 2.24. The number of pyridine rings is 1. The average molecular weight is 166 g/mol. The zero-order chi connectivity index (χ0) is 6.85. The lowest BCUT2D eigenvalue weighted by molar-refractivity contribution is -0.840. The van der Waals surface area contributed by atoms with Gasteiger partial charge in [-0.3, -0.25) is 0 Å². The topological polar surface area (TPSA) is 3.88 Å². The molecule has 0 aliphatic rings. The fourth-order valence-electron chi connectivity index (χ4n) is 0.440. The molecule has 0 radical (unpaired) electrons. The van der Waals surface area contributed by atoms with Crippen molar-refractivity contribution < 1.29 is 9.27 Å². The number of halogens is 3. The van der Waals surface area contributed by atoms with Crippen LogP contribution in [0.15, 0.2) is 18.2 Å². The van der Waals surface area contributed by atoms with E-state index in [0.29, 0.717) is 0 Å². The minimum absolute atomic E-state index is 0.0255. The van der Waals surface area contributed by atoms with E-state index in [1.165, 1.54) is 12.1 Å². The maximum Gasteiger partial charge on any atom is 0.323 e. The Hall–Kier alpha value is -0.340. The van der Waals surface area contributed by atoms with E-state index in [9.17, 15) is 4.48 Å². The number of rotatable bonds is 0. The average Bonchev–Trinajstić information content (AvgIpc) is 1.83. The standard InChI is InChI=1S/C5H3Cl2FN/c6-4-2-1-3-5(7)9(4)8/h1-3H/q+1/i8-1. The smallest absolute Gasteiger partial charge is 0.0467 e. The fraction of sp³-hybridized carbons (Fsp3) is 0. The van der Waals surface area contributed by atoms with Gasteiger partial charge < -0.3 is 0 Å². The van der Waals surface area contributed by atoms with Gasteiger partial charge in [0, 0.05) is 12.1 Å². The van der Waals surface area contributed by atoms with Crippen molar-refractivity contribution in [2.45, 2.75) is 0 Å². The molecule has 0 atom stereocenters. The molecule has 0 spiro atoms. The van der Waals surface area contributed by atoms with Gasteiger partial charge in [-0.15, -0.1) is 0 Å². The van der Waals surface area contributed by atoms with E-state index in [1.807, 2.05) is 0 Å². The summed E-state index contributed by atoms with van der Waals surface area (Å²) in [4.78, 5) is 0.198. The van der Waals surface area contributed by atoms with E-state index in [-0.39, 0.29) is 15.1 Å². The lowest BCUT2D eigenvalue weighted by Crippen LogP contribution is -2.24. The molecule has 0 aliphatic heterocycles. The van der Waals surface area contributed by atoms with Crippen molar-refractivity contribution in [3.05, 3.63) is 28.5 Å². The summed E-state index contributed by atoms with van der Waals surface area (Å²) in [5.41, 5.74) is 0. The Labute approximate surface area is 61.6 Å². The van der Waals surface area contributed by atoms with Crippen LogP contribution in [0.1, 0.15) is 0 Å². The summed E-state index contributed by atoms with van der Waals surface area (Å²) in [5, 5.41) is -0.0509. The normalized spacial score (nSPS) is 9.67. The van der Waals surface area contributed by atoms with Gasteiger partial charge in [-0.05, 0) is 29.3 Å². The molecule has 1 rings (SSSR count). The zero-order valence-corrected chi connectivity index (χ0v) is 5.83. The van der Waals surface area contributed by atoms with E-state index < -0.39 is 0 Å². The van der Waals surface area contributed by atoms with Gasteiger partial charge >= 0.3 is 10.3 Å². The Morgan fingerprint density at radius 2 is 1.67 bits per heavy atom. The van der Waals surface area contributed by atoms with Gasteiger partial charge in [-0.25, -0.2) is 0 Å². The summed E-state index contributed by atoms with van der Waals surface area (Å²) in [6, 6.07) is 4.39.